The van der Waals surface area contributed by atoms with Gasteiger partial charge in [-0.2, -0.15) is 0 Å². The number of halogens is 1. The van der Waals surface area contributed by atoms with Gasteiger partial charge in [-0.3, -0.25) is 4.79 Å². The van der Waals surface area contributed by atoms with Crippen LogP contribution >= 0.6 is 10.7 Å². The SMILES string of the molecule is CCC1CC1NC(=O)c1cc(S(=O)(=O)Cl)cc(C)c1C. The van der Waals surface area contributed by atoms with Gasteiger partial charge >= 0.3 is 0 Å². The van der Waals surface area contributed by atoms with Crippen LogP contribution in [0, 0.1) is 19.8 Å². The molecule has 2 rings (SSSR count). The third-order valence-electron chi connectivity index (χ3n) is 3.93. The van der Waals surface area contributed by atoms with Crippen molar-refractivity contribution in [3.63, 3.8) is 0 Å². The van der Waals surface area contributed by atoms with Gasteiger partial charge in [0, 0.05) is 22.3 Å². The monoisotopic (exact) mass is 315 g/mol. The third-order valence-corrected chi connectivity index (χ3v) is 5.26. The topological polar surface area (TPSA) is 63.2 Å². The molecule has 1 saturated carbocycles. The van der Waals surface area contributed by atoms with E-state index in [1.807, 2.05) is 0 Å². The predicted octanol–water partition coefficient (Wildman–Crippen LogP) is 2.76. The highest BCUT2D eigenvalue weighted by Gasteiger charge is 2.36. The number of hydrogen-bond acceptors (Lipinski definition) is 3. The van der Waals surface area contributed by atoms with Gasteiger partial charge < -0.3 is 5.32 Å². The summed E-state index contributed by atoms with van der Waals surface area (Å²) in [5, 5.41) is 2.94. The molecule has 6 heteroatoms. The van der Waals surface area contributed by atoms with Crippen molar-refractivity contribution in [1.29, 1.82) is 0 Å². The Morgan fingerprint density at radius 1 is 1.40 bits per heavy atom. The molecule has 1 aromatic carbocycles. The molecule has 2 atom stereocenters. The molecule has 0 saturated heterocycles. The van der Waals surface area contributed by atoms with Gasteiger partial charge in [0.25, 0.3) is 15.0 Å². The summed E-state index contributed by atoms with van der Waals surface area (Å²) in [6.45, 7) is 5.66. The fraction of sp³-hybridized carbons (Fsp3) is 0.500. The zero-order valence-electron chi connectivity index (χ0n) is 11.7. The molecule has 1 fully saturated rings. The van der Waals surface area contributed by atoms with Crippen molar-refractivity contribution < 1.29 is 13.2 Å². The number of benzene rings is 1. The summed E-state index contributed by atoms with van der Waals surface area (Å²) in [5.74, 6) is 0.314. The average Bonchev–Trinajstić information content (AvgIpc) is 3.09. The van der Waals surface area contributed by atoms with E-state index in [2.05, 4.69) is 12.2 Å². The van der Waals surface area contributed by atoms with Crippen molar-refractivity contribution in [2.75, 3.05) is 0 Å². The Kier molecular flexibility index (Phi) is 4.12. The van der Waals surface area contributed by atoms with Crippen LogP contribution in [-0.2, 0) is 9.05 Å². The van der Waals surface area contributed by atoms with E-state index in [1.165, 1.54) is 12.1 Å². The summed E-state index contributed by atoms with van der Waals surface area (Å²) < 4.78 is 22.9. The molecule has 0 heterocycles. The zero-order chi connectivity index (χ0) is 15.1. The molecule has 0 aromatic heterocycles. The number of aryl methyl sites for hydroxylation is 1. The molecule has 1 aliphatic rings. The fourth-order valence-corrected chi connectivity index (χ4v) is 3.17. The summed E-state index contributed by atoms with van der Waals surface area (Å²) in [5.41, 5.74) is 1.89. The van der Waals surface area contributed by atoms with Gasteiger partial charge in [0.2, 0.25) is 0 Å². The van der Waals surface area contributed by atoms with Crippen LogP contribution in [0.1, 0.15) is 41.3 Å². The summed E-state index contributed by atoms with van der Waals surface area (Å²) in [7, 11) is 1.53. The van der Waals surface area contributed by atoms with Crippen molar-refractivity contribution in [3.8, 4) is 0 Å². The fourth-order valence-electron chi connectivity index (χ4n) is 2.32. The maximum absolute atomic E-state index is 12.3. The molecule has 110 valence electrons. The Hall–Kier alpha value is -1.07. The number of amides is 1. The first-order valence-electron chi connectivity index (χ1n) is 6.60. The molecule has 0 bridgehead atoms. The van der Waals surface area contributed by atoms with Crippen LogP contribution in [0.3, 0.4) is 0 Å². The van der Waals surface area contributed by atoms with E-state index in [4.69, 9.17) is 10.7 Å². The van der Waals surface area contributed by atoms with E-state index >= 15 is 0 Å². The van der Waals surface area contributed by atoms with Crippen LogP contribution in [0.4, 0.5) is 0 Å². The molecule has 1 amide bonds. The predicted molar refractivity (Wildman–Crippen MR) is 78.6 cm³/mol. The largest absolute Gasteiger partial charge is 0.349 e. The normalized spacial score (nSPS) is 21.6. The minimum atomic E-state index is -3.83. The minimum absolute atomic E-state index is 0.0322. The molecule has 2 unspecified atom stereocenters. The van der Waals surface area contributed by atoms with Gasteiger partial charge in [-0.15, -0.1) is 0 Å². The highest BCUT2D eigenvalue weighted by atomic mass is 35.7. The lowest BCUT2D eigenvalue weighted by Gasteiger charge is -2.11. The van der Waals surface area contributed by atoms with Crippen LogP contribution < -0.4 is 5.32 Å². The van der Waals surface area contributed by atoms with Crippen molar-refractivity contribution in [2.45, 2.75) is 44.6 Å². The minimum Gasteiger partial charge on any atom is -0.349 e. The van der Waals surface area contributed by atoms with Crippen LogP contribution in [0.15, 0.2) is 17.0 Å². The maximum atomic E-state index is 12.3. The van der Waals surface area contributed by atoms with Gasteiger partial charge in [-0.05, 0) is 49.4 Å². The first-order valence-corrected chi connectivity index (χ1v) is 8.91. The first-order chi connectivity index (χ1) is 9.24. The van der Waals surface area contributed by atoms with Crippen molar-refractivity contribution in [1.82, 2.24) is 5.32 Å². The lowest BCUT2D eigenvalue weighted by Crippen LogP contribution is -2.27. The first kappa shape index (κ1) is 15.3. The lowest BCUT2D eigenvalue weighted by molar-refractivity contribution is 0.0948. The Balaban J connectivity index is 2.31. The van der Waals surface area contributed by atoms with E-state index in [0.717, 1.165) is 24.0 Å². The number of hydrogen-bond donors (Lipinski definition) is 1. The molecule has 20 heavy (non-hydrogen) atoms. The van der Waals surface area contributed by atoms with Crippen molar-refractivity contribution in [3.05, 3.63) is 28.8 Å². The van der Waals surface area contributed by atoms with Crippen molar-refractivity contribution >= 4 is 25.6 Å². The van der Waals surface area contributed by atoms with Crippen LogP contribution in [-0.4, -0.2) is 20.4 Å². The van der Waals surface area contributed by atoms with E-state index in [0.29, 0.717) is 11.5 Å². The van der Waals surface area contributed by atoms with E-state index < -0.39 is 9.05 Å². The summed E-state index contributed by atoms with van der Waals surface area (Å²) in [6.07, 6.45) is 2.03. The second kappa shape index (κ2) is 5.37. The molecule has 0 spiro atoms. The lowest BCUT2D eigenvalue weighted by atomic mass is 10.0. The van der Waals surface area contributed by atoms with Crippen LogP contribution in [0.2, 0.25) is 0 Å². The summed E-state index contributed by atoms with van der Waals surface area (Å²) >= 11 is 0. The zero-order valence-corrected chi connectivity index (χ0v) is 13.3. The van der Waals surface area contributed by atoms with Gasteiger partial charge in [0.15, 0.2) is 0 Å². The smallest absolute Gasteiger partial charge is 0.261 e. The van der Waals surface area contributed by atoms with Crippen LogP contribution in [0.5, 0.6) is 0 Å². The number of nitrogens with one attached hydrogen (secondary N) is 1. The Morgan fingerprint density at radius 3 is 2.55 bits per heavy atom. The third kappa shape index (κ3) is 3.15. The second-order valence-electron chi connectivity index (χ2n) is 5.33. The standard InChI is InChI=1S/C14H18ClNO3S/c1-4-10-6-13(10)16-14(17)12-7-11(20(15,18)19)5-8(2)9(12)3/h5,7,10,13H,4,6H2,1-3H3,(H,16,17). The molecular formula is C14H18ClNO3S. The highest BCUT2D eigenvalue weighted by Crippen LogP contribution is 2.33. The molecule has 0 radical (unpaired) electrons. The Labute approximate surface area is 123 Å². The number of carbonyl (C=O) groups excluding carboxylic acids is 1. The van der Waals surface area contributed by atoms with Crippen molar-refractivity contribution in [2.24, 2.45) is 5.92 Å². The summed E-state index contributed by atoms with van der Waals surface area (Å²) in [6, 6.07) is 3.05. The van der Waals surface area contributed by atoms with E-state index in [1.54, 1.807) is 13.8 Å². The Morgan fingerprint density at radius 2 is 2.05 bits per heavy atom. The van der Waals surface area contributed by atoms with Gasteiger partial charge in [-0.1, -0.05) is 13.3 Å². The highest BCUT2D eigenvalue weighted by molar-refractivity contribution is 8.13. The van der Waals surface area contributed by atoms with Gasteiger partial charge in [-0.25, -0.2) is 8.42 Å². The second-order valence-corrected chi connectivity index (χ2v) is 7.90. The van der Waals surface area contributed by atoms with E-state index in [-0.39, 0.29) is 16.8 Å². The quantitative estimate of drug-likeness (QED) is 0.869. The van der Waals surface area contributed by atoms with Crippen LogP contribution in [0.25, 0.3) is 0 Å². The molecule has 1 aromatic rings. The molecular weight excluding hydrogens is 298 g/mol. The van der Waals surface area contributed by atoms with Gasteiger partial charge in [0.05, 0.1) is 4.90 Å². The number of rotatable bonds is 4. The Bertz CT molecular complexity index is 655. The summed E-state index contributed by atoms with van der Waals surface area (Å²) in [4.78, 5) is 12.2. The molecule has 1 aliphatic carbocycles. The maximum Gasteiger partial charge on any atom is 0.261 e. The average molecular weight is 316 g/mol. The van der Waals surface area contributed by atoms with E-state index in [9.17, 15) is 13.2 Å². The number of carbonyl (C=O) groups is 1. The molecule has 1 N–H and O–H groups in total. The molecule has 0 aliphatic heterocycles. The van der Waals surface area contributed by atoms with Gasteiger partial charge in [0.1, 0.15) is 0 Å². The molecule has 4 nitrogen and oxygen atoms in total.